The van der Waals surface area contributed by atoms with Crippen LogP contribution in [0, 0.1) is 13.8 Å². The topological polar surface area (TPSA) is 12.0 Å². The molecule has 0 radical (unpaired) electrons. The summed E-state index contributed by atoms with van der Waals surface area (Å²) in [4.78, 5) is 2.70. The summed E-state index contributed by atoms with van der Waals surface area (Å²) in [5.74, 6) is 0. The van der Waals surface area contributed by atoms with Crippen LogP contribution >= 0.6 is 27.3 Å². The molecule has 90 valence electrons. The third-order valence-electron chi connectivity index (χ3n) is 2.69. The maximum absolute atomic E-state index is 3.67. The summed E-state index contributed by atoms with van der Waals surface area (Å²) in [6.07, 6.45) is 0. The SMILES string of the molecule is CNCc1ccc(-c2c(C)cc(C)cc2Br)s1. The number of aryl methyl sites for hydroxylation is 2. The van der Waals surface area contributed by atoms with Gasteiger partial charge >= 0.3 is 0 Å². The van der Waals surface area contributed by atoms with Crippen LogP contribution in [0.4, 0.5) is 0 Å². The summed E-state index contributed by atoms with van der Waals surface area (Å²) in [6.45, 7) is 5.24. The summed E-state index contributed by atoms with van der Waals surface area (Å²) in [5.41, 5.74) is 3.95. The Morgan fingerprint density at radius 2 is 2.00 bits per heavy atom. The fourth-order valence-electron chi connectivity index (χ4n) is 2.01. The highest BCUT2D eigenvalue weighted by atomic mass is 79.9. The van der Waals surface area contributed by atoms with E-state index in [4.69, 9.17) is 0 Å². The summed E-state index contributed by atoms with van der Waals surface area (Å²) in [7, 11) is 1.98. The van der Waals surface area contributed by atoms with E-state index in [0.717, 1.165) is 6.54 Å². The van der Waals surface area contributed by atoms with E-state index in [9.17, 15) is 0 Å². The first-order chi connectivity index (χ1) is 8.11. The van der Waals surface area contributed by atoms with Gasteiger partial charge in [0.1, 0.15) is 0 Å². The van der Waals surface area contributed by atoms with Gasteiger partial charge in [0.15, 0.2) is 0 Å². The van der Waals surface area contributed by atoms with Crippen molar-refractivity contribution in [3.63, 3.8) is 0 Å². The second-order valence-corrected chi connectivity index (χ2v) is 6.26. The second kappa shape index (κ2) is 5.34. The van der Waals surface area contributed by atoms with Crippen LogP contribution in [-0.2, 0) is 6.54 Å². The molecule has 2 rings (SSSR count). The van der Waals surface area contributed by atoms with Crippen LogP contribution in [0.2, 0.25) is 0 Å². The molecule has 17 heavy (non-hydrogen) atoms. The summed E-state index contributed by atoms with van der Waals surface area (Å²) in [5, 5.41) is 3.19. The van der Waals surface area contributed by atoms with Crippen molar-refractivity contribution in [2.24, 2.45) is 0 Å². The Labute approximate surface area is 115 Å². The van der Waals surface area contributed by atoms with Crippen LogP contribution in [0.5, 0.6) is 0 Å². The normalized spacial score (nSPS) is 10.8. The van der Waals surface area contributed by atoms with Crippen LogP contribution in [0.15, 0.2) is 28.7 Å². The van der Waals surface area contributed by atoms with Gasteiger partial charge in [0.05, 0.1) is 0 Å². The summed E-state index contributed by atoms with van der Waals surface area (Å²) >= 11 is 5.53. The number of rotatable bonds is 3. The fraction of sp³-hybridized carbons (Fsp3) is 0.286. The molecular formula is C14H16BrNS. The lowest BCUT2D eigenvalue weighted by Gasteiger charge is -2.08. The van der Waals surface area contributed by atoms with E-state index >= 15 is 0 Å². The molecule has 1 aromatic carbocycles. The average Bonchev–Trinajstić information content (AvgIpc) is 2.65. The highest BCUT2D eigenvalue weighted by Crippen LogP contribution is 2.36. The van der Waals surface area contributed by atoms with Gasteiger partial charge in [-0.1, -0.05) is 22.0 Å². The van der Waals surface area contributed by atoms with Crippen molar-refractivity contribution in [2.75, 3.05) is 7.05 Å². The van der Waals surface area contributed by atoms with Crippen molar-refractivity contribution in [2.45, 2.75) is 20.4 Å². The molecule has 0 unspecified atom stereocenters. The summed E-state index contributed by atoms with van der Waals surface area (Å²) < 4.78 is 1.19. The molecular weight excluding hydrogens is 294 g/mol. The zero-order valence-corrected chi connectivity index (χ0v) is 12.7. The first-order valence-corrected chi connectivity index (χ1v) is 7.23. The van der Waals surface area contributed by atoms with Gasteiger partial charge in [-0.2, -0.15) is 0 Å². The van der Waals surface area contributed by atoms with Gasteiger partial charge in [-0.3, -0.25) is 0 Å². The van der Waals surface area contributed by atoms with Crippen molar-refractivity contribution in [3.8, 4) is 10.4 Å². The third-order valence-corrected chi connectivity index (χ3v) is 4.42. The maximum Gasteiger partial charge on any atom is 0.0360 e. The van der Waals surface area contributed by atoms with Gasteiger partial charge in [0.25, 0.3) is 0 Å². The Kier molecular flexibility index (Phi) is 4.02. The largest absolute Gasteiger partial charge is 0.315 e. The van der Waals surface area contributed by atoms with Gasteiger partial charge in [-0.05, 0) is 50.2 Å². The van der Waals surface area contributed by atoms with Crippen LogP contribution in [0.3, 0.4) is 0 Å². The number of nitrogens with one attached hydrogen (secondary N) is 1. The lowest BCUT2D eigenvalue weighted by Crippen LogP contribution is -2.02. The number of thiophene rings is 1. The minimum atomic E-state index is 0.938. The molecule has 0 fully saturated rings. The second-order valence-electron chi connectivity index (χ2n) is 4.23. The standard InChI is InChI=1S/C14H16BrNS/c1-9-6-10(2)14(12(15)7-9)13-5-4-11(17-13)8-16-3/h4-7,16H,8H2,1-3H3. The minimum absolute atomic E-state index is 0.938. The third kappa shape index (κ3) is 2.79. The molecule has 0 amide bonds. The van der Waals surface area contributed by atoms with Crippen LogP contribution in [0.1, 0.15) is 16.0 Å². The van der Waals surface area contributed by atoms with E-state index in [2.05, 4.69) is 59.4 Å². The molecule has 0 aliphatic carbocycles. The lowest BCUT2D eigenvalue weighted by atomic mass is 10.0. The Balaban J connectivity index is 2.45. The van der Waals surface area contributed by atoms with Crippen LogP contribution < -0.4 is 5.32 Å². The fourth-order valence-corrected chi connectivity index (χ4v) is 4.17. The van der Waals surface area contributed by atoms with Crippen LogP contribution in [0.25, 0.3) is 10.4 Å². The van der Waals surface area contributed by atoms with Gasteiger partial charge in [-0.15, -0.1) is 11.3 Å². The lowest BCUT2D eigenvalue weighted by molar-refractivity contribution is 0.831. The van der Waals surface area contributed by atoms with Gasteiger partial charge < -0.3 is 5.32 Å². The first kappa shape index (κ1) is 12.8. The number of hydrogen-bond donors (Lipinski definition) is 1. The number of benzene rings is 1. The van der Waals surface area contributed by atoms with Crippen molar-refractivity contribution < 1.29 is 0 Å². The van der Waals surface area contributed by atoms with Crippen molar-refractivity contribution in [3.05, 3.63) is 44.7 Å². The molecule has 0 aliphatic rings. The molecule has 0 atom stereocenters. The molecule has 0 spiro atoms. The Morgan fingerprint density at radius 3 is 2.65 bits per heavy atom. The molecule has 3 heteroatoms. The monoisotopic (exact) mass is 309 g/mol. The van der Waals surface area contributed by atoms with E-state index < -0.39 is 0 Å². The van der Waals surface area contributed by atoms with E-state index in [1.807, 2.05) is 18.4 Å². The highest BCUT2D eigenvalue weighted by molar-refractivity contribution is 9.10. The van der Waals surface area contributed by atoms with Crippen molar-refractivity contribution >= 4 is 27.3 Å². The Hall–Kier alpha value is -0.640. The predicted molar refractivity (Wildman–Crippen MR) is 79.7 cm³/mol. The quantitative estimate of drug-likeness (QED) is 0.879. The van der Waals surface area contributed by atoms with Gasteiger partial charge in [-0.25, -0.2) is 0 Å². The summed E-state index contributed by atoms with van der Waals surface area (Å²) in [6, 6.07) is 8.82. The molecule has 1 N–H and O–H groups in total. The van der Waals surface area contributed by atoms with E-state index in [1.54, 1.807) is 0 Å². The van der Waals surface area contributed by atoms with Crippen molar-refractivity contribution in [1.29, 1.82) is 0 Å². The molecule has 0 saturated heterocycles. The maximum atomic E-state index is 3.67. The van der Waals surface area contributed by atoms with Gasteiger partial charge in [0.2, 0.25) is 0 Å². The first-order valence-electron chi connectivity index (χ1n) is 5.62. The highest BCUT2D eigenvalue weighted by Gasteiger charge is 2.10. The molecule has 1 nitrogen and oxygen atoms in total. The molecule has 0 saturated carbocycles. The smallest absolute Gasteiger partial charge is 0.0360 e. The number of halogens is 1. The van der Waals surface area contributed by atoms with E-state index in [-0.39, 0.29) is 0 Å². The Bertz CT molecular complexity index is 508. The Morgan fingerprint density at radius 1 is 1.24 bits per heavy atom. The molecule has 0 bridgehead atoms. The molecule has 2 aromatic rings. The molecule has 1 aromatic heterocycles. The van der Waals surface area contributed by atoms with Crippen molar-refractivity contribution in [1.82, 2.24) is 5.32 Å². The zero-order chi connectivity index (χ0) is 12.4. The minimum Gasteiger partial charge on any atom is -0.315 e. The zero-order valence-electron chi connectivity index (χ0n) is 10.3. The predicted octanol–water partition coefficient (Wildman–Crippen LogP) is 4.51. The van der Waals surface area contributed by atoms with Crippen LogP contribution in [-0.4, -0.2) is 7.05 Å². The molecule has 0 aliphatic heterocycles. The van der Waals surface area contributed by atoms with E-state index in [1.165, 1.54) is 30.9 Å². The van der Waals surface area contributed by atoms with E-state index in [0.29, 0.717) is 0 Å². The average molecular weight is 310 g/mol. The number of hydrogen-bond acceptors (Lipinski definition) is 2. The molecule has 1 heterocycles. The van der Waals surface area contributed by atoms with Gasteiger partial charge in [0, 0.05) is 26.3 Å².